The van der Waals surface area contributed by atoms with Gasteiger partial charge in [-0.3, -0.25) is 4.90 Å². The van der Waals surface area contributed by atoms with E-state index in [0.717, 1.165) is 58.3 Å². The molecule has 45 heavy (non-hydrogen) atoms. The first-order valence-electron chi connectivity index (χ1n) is 15.8. The highest BCUT2D eigenvalue weighted by molar-refractivity contribution is 6.35. The minimum Gasteiger partial charge on any atom is -0.463 e. The number of ether oxygens (including phenoxy) is 1. The molecule has 8 rings (SSSR count). The van der Waals surface area contributed by atoms with Crippen molar-refractivity contribution >= 4 is 45.0 Å². The summed E-state index contributed by atoms with van der Waals surface area (Å²) in [5, 5.41) is 14.7. The van der Waals surface area contributed by atoms with Gasteiger partial charge in [-0.15, -0.1) is 0 Å². The van der Waals surface area contributed by atoms with Gasteiger partial charge in [0.15, 0.2) is 5.82 Å². The van der Waals surface area contributed by atoms with Gasteiger partial charge < -0.3 is 25.7 Å². The highest BCUT2D eigenvalue weighted by Gasteiger charge is 2.41. The number of hydrogen-bond acceptors (Lipinski definition) is 8. The summed E-state index contributed by atoms with van der Waals surface area (Å²) in [6, 6.07) is 9.96. The number of halogens is 3. The van der Waals surface area contributed by atoms with Gasteiger partial charge in [0, 0.05) is 72.1 Å². The molecule has 2 bridgehead atoms. The number of H-pyrrole nitrogens is 1. The molecule has 9 nitrogen and oxygen atoms in total. The Kier molecular flexibility index (Phi) is 7.00. The summed E-state index contributed by atoms with van der Waals surface area (Å²) in [6.07, 6.45) is 5.03. The zero-order chi connectivity index (χ0) is 30.9. The highest BCUT2D eigenvalue weighted by Crippen LogP contribution is 2.45. The molecule has 3 saturated heterocycles. The van der Waals surface area contributed by atoms with Crippen LogP contribution in [0.1, 0.15) is 44.1 Å². The Morgan fingerprint density at radius 3 is 2.64 bits per heavy atom. The average Bonchev–Trinajstić information content (AvgIpc) is 3.68. The second-order valence-corrected chi connectivity index (χ2v) is 13.7. The molecule has 0 spiro atoms. The number of alkyl halides is 1. The first kappa shape index (κ1) is 28.7. The number of benzene rings is 2. The Balaban J connectivity index is 1.23. The Morgan fingerprint density at radius 1 is 1.16 bits per heavy atom. The standard InChI is InChI=1S/C33H35ClF2N8O/c34-24-11-22-29(28(36)27(24)21-3-1-4-25-26(21)23(12-37)30(38)40-25)41-32(42-31(22)44-14-19-5-6-20(15-44)39-19)45-17-33(8-2-9-33)16-43-10-7-18(35)13-43/h1,3-4,11,18-20,39-40H,2,5-10,13-17,38H2/t18-,19?,20?/m1/s1. The fourth-order valence-electron chi connectivity index (χ4n) is 7.92. The topological polar surface area (TPSA) is 119 Å². The predicted octanol–water partition coefficient (Wildman–Crippen LogP) is 5.56. The van der Waals surface area contributed by atoms with Gasteiger partial charge in [0.1, 0.15) is 35.0 Å². The molecule has 3 atom stereocenters. The Hall–Kier alpha value is -3.72. The van der Waals surface area contributed by atoms with E-state index in [2.05, 4.69) is 31.2 Å². The van der Waals surface area contributed by atoms with Crippen LogP contribution in [0.3, 0.4) is 0 Å². The smallest absolute Gasteiger partial charge is 0.319 e. The van der Waals surface area contributed by atoms with Gasteiger partial charge in [0.25, 0.3) is 0 Å². The zero-order valence-electron chi connectivity index (χ0n) is 24.9. The quantitative estimate of drug-likeness (QED) is 0.242. The number of anilines is 2. The van der Waals surface area contributed by atoms with Crippen molar-refractivity contribution in [3.05, 3.63) is 40.7 Å². The molecule has 1 aliphatic carbocycles. The number of nitrogen functional groups attached to an aromatic ring is 1. The Morgan fingerprint density at radius 2 is 1.96 bits per heavy atom. The maximum atomic E-state index is 16.9. The zero-order valence-corrected chi connectivity index (χ0v) is 25.6. The van der Waals surface area contributed by atoms with Gasteiger partial charge in [-0.25, -0.2) is 8.78 Å². The first-order valence-corrected chi connectivity index (χ1v) is 16.2. The summed E-state index contributed by atoms with van der Waals surface area (Å²) in [5.41, 5.74) is 7.56. The number of nitrogens with zero attached hydrogens (tertiary/aromatic N) is 5. The van der Waals surface area contributed by atoms with E-state index in [1.807, 2.05) is 0 Å². The van der Waals surface area contributed by atoms with E-state index in [-0.39, 0.29) is 38.9 Å². The molecule has 12 heteroatoms. The van der Waals surface area contributed by atoms with Crippen LogP contribution in [0.15, 0.2) is 24.3 Å². The molecule has 0 radical (unpaired) electrons. The van der Waals surface area contributed by atoms with E-state index in [0.29, 0.717) is 59.3 Å². The largest absolute Gasteiger partial charge is 0.463 e. The number of aromatic amines is 1. The van der Waals surface area contributed by atoms with Gasteiger partial charge in [-0.05, 0) is 49.8 Å². The molecule has 2 aromatic heterocycles. The lowest BCUT2D eigenvalue weighted by Crippen LogP contribution is -2.51. The van der Waals surface area contributed by atoms with Crippen molar-refractivity contribution < 1.29 is 13.5 Å². The normalized spacial score (nSPS) is 24.3. The molecular formula is C33H35ClF2N8O. The average molecular weight is 633 g/mol. The van der Waals surface area contributed by atoms with Crippen molar-refractivity contribution in [1.29, 1.82) is 5.26 Å². The van der Waals surface area contributed by atoms with E-state index in [4.69, 9.17) is 27.1 Å². The van der Waals surface area contributed by atoms with Crippen LogP contribution in [0.5, 0.6) is 6.01 Å². The molecule has 3 aliphatic heterocycles. The summed E-state index contributed by atoms with van der Waals surface area (Å²) in [6.45, 7) is 3.85. The summed E-state index contributed by atoms with van der Waals surface area (Å²) in [7, 11) is 0. The van der Waals surface area contributed by atoms with Crippen molar-refractivity contribution in [2.45, 2.75) is 56.8 Å². The Bertz CT molecular complexity index is 1840. The molecule has 234 valence electrons. The second-order valence-electron chi connectivity index (χ2n) is 13.3. The fraction of sp³-hybridized carbons (Fsp3) is 0.485. The van der Waals surface area contributed by atoms with E-state index in [9.17, 15) is 9.65 Å². The van der Waals surface area contributed by atoms with Crippen molar-refractivity contribution in [3.63, 3.8) is 0 Å². The lowest BCUT2D eigenvalue weighted by atomic mass is 9.69. The second kappa shape index (κ2) is 11.0. The summed E-state index contributed by atoms with van der Waals surface area (Å²) < 4.78 is 37.2. The van der Waals surface area contributed by atoms with E-state index in [1.54, 1.807) is 24.3 Å². The minimum absolute atomic E-state index is 0.0993. The summed E-state index contributed by atoms with van der Waals surface area (Å²) >= 11 is 6.89. The predicted molar refractivity (Wildman–Crippen MR) is 171 cm³/mol. The SMILES string of the molecule is N#Cc1c(N)[nH]c2cccc(-c3c(Cl)cc4c(N5CC6CCC(C5)N6)nc(OCC5(CN6CC[C@@H](F)C6)CCC5)nc4c3F)c12. The van der Waals surface area contributed by atoms with Gasteiger partial charge >= 0.3 is 6.01 Å². The molecule has 4 aromatic rings. The molecule has 2 aromatic carbocycles. The molecule has 1 saturated carbocycles. The third-order valence-corrected chi connectivity index (χ3v) is 10.6. The number of hydrogen-bond donors (Lipinski definition) is 3. The summed E-state index contributed by atoms with van der Waals surface area (Å²) in [4.78, 5) is 17.0. The number of rotatable bonds is 7. The van der Waals surface area contributed by atoms with Crippen molar-refractivity contribution in [2.75, 3.05) is 50.0 Å². The maximum absolute atomic E-state index is 16.9. The molecule has 5 heterocycles. The number of likely N-dealkylation sites (tertiary alicyclic amines) is 1. The van der Waals surface area contributed by atoms with Crippen LogP contribution in [-0.4, -0.2) is 77.4 Å². The molecule has 4 aliphatic rings. The number of nitrogens with one attached hydrogen (secondary N) is 2. The van der Waals surface area contributed by atoms with E-state index >= 15 is 4.39 Å². The van der Waals surface area contributed by atoms with Crippen LogP contribution in [0, 0.1) is 22.6 Å². The van der Waals surface area contributed by atoms with Gasteiger partial charge in [-0.1, -0.05) is 30.2 Å². The third kappa shape index (κ3) is 4.94. The van der Waals surface area contributed by atoms with Crippen LogP contribution < -0.4 is 20.7 Å². The van der Waals surface area contributed by atoms with Gasteiger partial charge in [-0.2, -0.15) is 15.2 Å². The lowest BCUT2D eigenvalue weighted by Gasteiger charge is -2.43. The third-order valence-electron chi connectivity index (χ3n) is 10.3. The first-order chi connectivity index (χ1) is 21.8. The van der Waals surface area contributed by atoms with Gasteiger partial charge in [0.05, 0.1) is 11.6 Å². The number of aromatic nitrogens is 3. The van der Waals surface area contributed by atoms with Gasteiger partial charge in [0.2, 0.25) is 0 Å². The fourth-order valence-corrected chi connectivity index (χ4v) is 8.21. The molecule has 2 unspecified atom stereocenters. The molecular weight excluding hydrogens is 598 g/mol. The van der Waals surface area contributed by atoms with Crippen LogP contribution in [-0.2, 0) is 0 Å². The van der Waals surface area contributed by atoms with Crippen molar-refractivity contribution in [3.8, 4) is 23.2 Å². The van der Waals surface area contributed by atoms with E-state index < -0.39 is 12.0 Å². The maximum Gasteiger partial charge on any atom is 0.319 e. The minimum atomic E-state index is -0.773. The highest BCUT2D eigenvalue weighted by atomic mass is 35.5. The van der Waals surface area contributed by atoms with Crippen LogP contribution in [0.25, 0.3) is 32.9 Å². The van der Waals surface area contributed by atoms with Crippen LogP contribution >= 0.6 is 11.6 Å². The van der Waals surface area contributed by atoms with Crippen molar-refractivity contribution in [2.24, 2.45) is 5.41 Å². The lowest BCUT2D eigenvalue weighted by molar-refractivity contribution is 0.0196. The molecule has 4 fully saturated rings. The Labute approximate surface area is 264 Å². The number of piperazine rings is 1. The number of nitriles is 1. The molecule has 0 amide bonds. The molecule has 4 N–H and O–H groups in total. The number of nitrogens with two attached hydrogens (primary N) is 1. The van der Waals surface area contributed by atoms with E-state index in [1.165, 1.54) is 0 Å². The van der Waals surface area contributed by atoms with Crippen LogP contribution in [0.4, 0.5) is 20.4 Å². The van der Waals surface area contributed by atoms with Crippen LogP contribution in [0.2, 0.25) is 5.02 Å². The summed E-state index contributed by atoms with van der Waals surface area (Å²) in [5.74, 6) is 0.210. The number of fused-ring (bicyclic) bond motifs is 4. The van der Waals surface area contributed by atoms with Crippen molar-refractivity contribution in [1.82, 2.24) is 25.2 Å². The monoisotopic (exact) mass is 632 g/mol.